The number of amides is 2. The average molecular weight is 789 g/mol. The molecule has 2 amide bonds. The average Bonchev–Trinajstić information content (AvgIpc) is 3.24. The van der Waals surface area contributed by atoms with Crippen LogP contribution in [0.2, 0.25) is 0 Å². The number of carboxylic acid groups (broad SMARTS) is 1. The van der Waals surface area contributed by atoms with Crippen molar-refractivity contribution in [3.8, 4) is 11.1 Å². The minimum absolute atomic E-state index is 0.0143. The standard InChI is InChI=1S/C45H48N4O7S/c46-38-13-7-8-14-39(38)49-42(52)16-4-2-1-3-15-41(51)48-27-34-10-5-6-11-36(34)31-21-23-33(24-22-31)45-55-35(29-57-43-37(44(53)54)12-9-25-47-43)26-40(56-45)32-19-17-30(28-50)18-20-32/h5-14,17-25,35,40,45,50H,1-4,15-16,26-29,46H2,(H,48,51)(H,49,52)(H,53,54)/t35-,40+,45+/m0/s1. The number of ether oxygens (including phenoxy) is 2. The van der Waals surface area contributed by atoms with E-state index in [-0.39, 0.29) is 36.2 Å². The van der Waals surface area contributed by atoms with Crippen molar-refractivity contribution in [2.75, 3.05) is 16.8 Å². The van der Waals surface area contributed by atoms with Gasteiger partial charge in [0, 0.05) is 43.3 Å². The van der Waals surface area contributed by atoms with E-state index < -0.39 is 12.3 Å². The summed E-state index contributed by atoms with van der Waals surface area (Å²) in [4.78, 5) is 41.1. The van der Waals surface area contributed by atoms with Gasteiger partial charge >= 0.3 is 5.97 Å². The van der Waals surface area contributed by atoms with Gasteiger partial charge in [-0.25, -0.2) is 9.78 Å². The van der Waals surface area contributed by atoms with Crippen molar-refractivity contribution in [3.63, 3.8) is 0 Å². The molecule has 296 valence electrons. The molecule has 1 aromatic heterocycles. The van der Waals surface area contributed by atoms with E-state index in [1.54, 1.807) is 30.5 Å². The van der Waals surface area contributed by atoms with E-state index in [0.29, 0.717) is 48.0 Å². The predicted octanol–water partition coefficient (Wildman–Crippen LogP) is 8.45. The van der Waals surface area contributed by atoms with Crippen LogP contribution in [0.15, 0.2) is 120 Å². The summed E-state index contributed by atoms with van der Waals surface area (Å²) in [6, 6.07) is 34.0. The Kier molecular flexibility index (Phi) is 14.8. The first-order valence-electron chi connectivity index (χ1n) is 19.2. The molecule has 0 bridgehead atoms. The van der Waals surface area contributed by atoms with E-state index in [1.165, 1.54) is 11.8 Å². The van der Waals surface area contributed by atoms with Crippen LogP contribution >= 0.6 is 11.8 Å². The number of anilines is 2. The lowest BCUT2D eigenvalue weighted by molar-refractivity contribution is -0.245. The minimum Gasteiger partial charge on any atom is -0.478 e. The topological polar surface area (TPSA) is 173 Å². The number of nitrogens with one attached hydrogen (secondary N) is 2. The molecule has 0 radical (unpaired) electrons. The number of nitrogens with zero attached hydrogens (tertiary/aromatic N) is 1. The molecular formula is C45H48N4O7S. The number of aromatic nitrogens is 1. The van der Waals surface area contributed by atoms with Crippen LogP contribution < -0.4 is 16.4 Å². The third-order valence-corrected chi connectivity index (χ3v) is 10.9. The Hall–Kier alpha value is -5.53. The zero-order valence-electron chi connectivity index (χ0n) is 31.6. The van der Waals surface area contributed by atoms with Crippen molar-refractivity contribution < 1.29 is 34.1 Å². The highest BCUT2D eigenvalue weighted by atomic mass is 32.2. The number of aliphatic hydroxyl groups is 1. The maximum Gasteiger partial charge on any atom is 0.338 e. The summed E-state index contributed by atoms with van der Waals surface area (Å²) in [5.41, 5.74) is 12.8. The zero-order valence-corrected chi connectivity index (χ0v) is 32.5. The van der Waals surface area contributed by atoms with Crippen LogP contribution in [0.25, 0.3) is 11.1 Å². The summed E-state index contributed by atoms with van der Waals surface area (Å²) >= 11 is 1.35. The van der Waals surface area contributed by atoms with E-state index >= 15 is 0 Å². The first-order valence-corrected chi connectivity index (χ1v) is 20.2. The molecule has 0 saturated carbocycles. The van der Waals surface area contributed by atoms with Gasteiger partial charge in [-0.3, -0.25) is 9.59 Å². The molecule has 0 aliphatic carbocycles. The van der Waals surface area contributed by atoms with Gasteiger partial charge in [0.05, 0.1) is 35.8 Å². The number of carboxylic acids is 1. The summed E-state index contributed by atoms with van der Waals surface area (Å²) in [6.45, 7) is 0.343. The highest BCUT2D eigenvalue weighted by Gasteiger charge is 2.32. The lowest BCUT2D eigenvalue weighted by Crippen LogP contribution is -2.31. The van der Waals surface area contributed by atoms with Gasteiger partial charge in [0.15, 0.2) is 6.29 Å². The second kappa shape index (κ2) is 20.6. The number of pyridine rings is 1. The van der Waals surface area contributed by atoms with Crippen molar-refractivity contribution in [2.24, 2.45) is 0 Å². The first-order chi connectivity index (χ1) is 27.8. The largest absolute Gasteiger partial charge is 0.478 e. The van der Waals surface area contributed by atoms with E-state index in [4.69, 9.17) is 15.2 Å². The molecule has 1 saturated heterocycles. The maximum absolute atomic E-state index is 12.8. The molecule has 1 aliphatic rings. The molecular weight excluding hydrogens is 741 g/mol. The Bertz CT molecular complexity index is 2110. The molecule has 12 heteroatoms. The van der Waals surface area contributed by atoms with Gasteiger partial charge in [-0.1, -0.05) is 97.8 Å². The smallest absolute Gasteiger partial charge is 0.338 e. The Morgan fingerprint density at radius 3 is 2.23 bits per heavy atom. The molecule has 5 aromatic rings. The second-order valence-electron chi connectivity index (χ2n) is 13.9. The second-order valence-corrected chi connectivity index (χ2v) is 14.9. The van der Waals surface area contributed by atoms with Gasteiger partial charge in [-0.05, 0) is 64.9 Å². The summed E-state index contributed by atoms with van der Waals surface area (Å²) in [6.07, 6.45) is 4.93. The van der Waals surface area contributed by atoms with Crippen LogP contribution in [0, 0.1) is 0 Å². The molecule has 4 aromatic carbocycles. The first kappa shape index (κ1) is 41.1. The fourth-order valence-electron chi connectivity index (χ4n) is 6.67. The molecule has 6 rings (SSSR count). The monoisotopic (exact) mass is 788 g/mol. The predicted molar refractivity (Wildman–Crippen MR) is 221 cm³/mol. The summed E-state index contributed by atoms with van der Waals surface area (Å²) in [5, 5.41) is 25.6. The van der Waals surface area contributed by atoms with Gasteiger partial charge in [0.1, 0.15) is 5.03 Å². The fraction of sp³-hybridized carbons (Fsp3) is 0.289. The number of para-hydroxylation sites is 2. The SMILES string of the molecule is Nc1ccccc1NC(=O)CCCCCCC(=O)NCc1ccccc1-c1ccc([C@@H]2O[C@H](CSc3ncccc3C(=O)O)C[C@H](c3ccc(CO)cc3)O2)cc1. The molecule has 11 nitrogen and oxygen atoms in total. The van der Waals surface area contributed by atoms with Crippen LogP contribution in [-0.2, 0) is 32.2 Å². The van der Waals surface area contributed by atoms with E-state index in [1.807, 2.05) is 84.9 Å². The van der Waals surface area contributed by atoms with Crippen LogP contribution in [0.4, 0.5) is 11.4 Å². The number of unbranched alkanes of at least 4 members (excludes halogenated alkanes) is 3. The number of carbonyl (C=O) groups excluding carboxylic acids is 2. The van der Waals surface area contributed by atoms with Crippen molar-refractivity contribution >= 4 is 40.9 Å². The molecule has 1 fully saturated rings. The van der Waals surface area contributed by atoms with Crippen LogP contribution in [0.5, 0.6) is 0 Å². The fourth-order valence-corrected chi connectivity index (χ4v) is 7.67. The number of benzene rings is 4. The normalized spacial score (nSPS) is 16.5. The van der Waals surface area contributed by atoms with Crippen molar-refractivity contribution in [1.82, 2.24) is 10.3 Å². The van der Waals surface area contributed by atoms with E-state index in [0.717, 1.165) is 59.1 Å². The summed E-state index contributed by atoms with van der Waals surface area (Å²) in [7, 11) is 0. The number of thioether (sulfide) groups is 1. The van der Waals surface area contributed by atoms with Crippen LogP contribution in [0.3, 0.4) is 0 Å². The van der Waals surface area contributed by atoms with Crippen LogP contribution in [-0.4, -0.2) is 44.8 Å². The molecule has 2 heterocycles. The number of aromatic carboxylic acids is 1. The number of hydrogen-bond acceptors (Lipinski definition) is 9. The van der Waals surface area contributed by atoms with Crippen LogP contribution in [0.1, 0.15) is 90.0 Å². The zero-order chi connectivity index (χ0) is 40.0. The minimum atomic E-state index is -1.03. The lowest BCUT2D eigenvalue weighted by atomic mass is 9.97. The number of rotatable bonds is 18. The molecule has 0 unspecified atom stereocenters. The van der Waals surface area contributed by atoms with Crippen molar-refractivity contribution in [2.45, 2.75) is 81.6 Å². The van der Waals surface area contributed by atoms with Crippen molar-refractivity contribution in [3.05, 3.63) is 143 Å². The third-order valence-electron chi connectivity index (χ3n) is 9.80. The number of hydrogen-bond donors (Lipinski definition) is 5. The Balaban J connectivity index is 1.03. The summed E-state index contributed by atoms with van der Waals surface area (Å²) < 4.78 is 13.0. The third kappa shape index (κ3) is 11.7. The highest BCUT2D eigenvalue weighted by Crippen LogP contribution is 2.40. The Labute approximate surface area is 337 Å². The molecule has 57 heavy (non-hydrogen) atoms. The number of aliphatic hydroxyl groups excluding tert-OH is 1. The number of nitrogens with two attached hydrogens (primary N) is 1. The quantitative estimate of drug-likeness (QED) is 0.0329. The molecule has 1 aliphatic heterocycles. The highest BCUT2D eigenvalue weighted by molar-refractivity contribution is 7.99. The lowest BCUT2D eigenvalue weighted by Gasteiger charge is -2.36. The van der Waals surface area contributed by atoms with Crippen molar-refractivity contribution in [1.29, 1.82) is 0 Å². The van der Waals surface area contributed by atoms with Gasteiger partial charge in [-0.15, -0.1) is 11.8 Å². The number of carbonyl (C=O) groups is 3. The Morgan fingerprint density at radius 1 is 0.789 bits per heavy atom. The van der Waals surface area contributed by atoms with Gasteiger partial charge < -0.3 is 36.1 Å². The van der Waals surface area contributed by atoms with E-state index in [2.05, 4.69) is 15.6 Å². The molecule has 0 spiro atoms. The van der Waals surface area contributed by atoms with Gasteiger partial charge in [0.2, 0.25) is 11.8 Å². The maximum atomic E-state index is 12.8. The summed E-state index contributed by atoms with van der Waals surface area (Å²) in [5.74, 6) is -0.632. The van der Waals surface area contributed by atoms with Gasteiger partial charge in [-0.2, -0.15) is 0 Å². The number of nitrogen functional groups attached to an aromatic ring is 1. The van der Waals surface area contributed by atoms with E-state index in [9.17, 15) is 24.6 Å². The molecule has 6 N–H and O–H groups in total. The van der Waals surface area contributed by atoms with Gasteiger partial charge in [0.25, 0.3) is 0 Å². The Morgan fingerprint density at radius 2 is 1.49 bits per heavy atom. The molecule has 3 atom stereocenters.